The molecule has 0 amide bonds. The predicted octanol–water partition coefficient (Wildman–Crippen LogP) is 5.03. The summed E-state index contributed by atoms with van der Waals surface area (Å²) in [6.45, 7) is 0. The van der Waals surface area contributed by atoms with Gasteiger partial charge in [0.25, 0.3) is 0 Å². The highest BCUT2D eigenvalue weighted by molar-refractivity contribution is 5.90. The number of hydrogen-bond acceptors (Lipinski definition) is 3. The van der Waals surface area contributed by atoms with Crippen LogP contribution in [0.15, 0.2) is 84.9 Å². The summed E-state index contributed by atoms with van der Waals surface area (Å²) in [5.41, 5.74) is 0.0418. The molecule has 25 heavy (non-hydrogen) atoms. The maximum absolute atomic E-state index is 14.2. The van der Waals surface area contributed by atoms with E-state index in [9.17, 15) is 13.6 Å². The van der Waals surface area contributed by atoms with E-state index in [0.717, 1.165) is 12.1 Å². The van der Waals surface area contributed by atoms with Crippen LogP contribution in [-0.2, 0) is 6.11 Å². The molecular weight excluding hydrogens is 326 g/mol. The molecule has 0 atom stereocenters. The number of alkyl halides is 2. The summed E-state index contributed by atoms with van der Waals surface area (Å²) in [5, 5.41) is 0. The van der Waals surface area contributed by atoms with Gasteiger partial charge in [0.05, 0.1) is 11.1 Å². The van der Waals surface area contributed by atoms with Crippen LogP contribution in [0.25, 0.3) is 0 Å². The van der Waals surface area contributed by atoms with Crippen LogP contribution < -0.4 is 9.47 Å². The number of esters is 1. The second-order valence-corrected chi connectivity index (χ2v) is 5.21. The topological polar surface area (TPSA) is 35.5 Å². The summed E-state index contributed by atoms with van der Waals surface area (Å²) in [7, 11) is 0. The molecule has 0 aliphatic carbocycles. The average molecular weight is 340 g/mol. The van der Waals surface area contributed by atoms with Crippen molar-refractivity contribution in [2.75, 3.05) is 0 Å². The number of halogens is 2. The number of hydrogen-bond donors (Lipinski definition) is 0. The number of rotatable bonds is 5. The van der Waals surface area contributed by atoms with E-state index in [-0.39, 0.29) is 17.1 Å². The molecule has 0 spiro atoms. The Hall–Kier alpha value is -3.21. The molecule has 5 heteroatoms. The van der Waals surface area contributed by atoms with Crippen molar-refractivity contribution in [2.45, 2.75) is 6.11 Å². The van der Waals surface area contributed by atoms with Gasteiger partial charge in [-0.25, -0.2) is 4.79 Å². The molecule has 3 aromatic carbocycles. The van der Waals surface area contributed by atoms with E-state index in [1.54, 1.807) is 48.5 Å². The molecule has 3 aromatic rings. The van der Waals surface area contributed by atoms with Gasteiger partial charge in [-0.05, 0) is 48.5 Å². The van der Waals surface area contributed by atoms with Crippen molar-refractivity contribution in [3.63, 3.8) is 0 Å². The number of benzene rings is 3. The van der Waals surface area contributed by atoms with Gasteiger partial charge >= 0.3 is 12.1 Å². The lowest BCUT2D eigenvalue weighted by atomic mass is 10.2. The molecule has 0 saturated heterocycles. The highest BCUT2D eigenvalue weighted by Crippen LogP contribution is 2.32. The van der Waals surface area contributed by atoms with Gasteiger partial charge in [0, 0.05) is 0 Å². The van der Waals surface area contributed by atoms with Gasteiger partial charge in [0.2, 0.25) is 0 Å². The smallest absolute Gasteiger partial charge is 0.426 e. The molecule has 0 heterocycles. The van der Waals surface area contributed by atoms with Crippen LogP contribution in [0.3, 0.4) is 0 Å². The molecule has 0 aliphatic heterocycles. The van der Waals surface area contributed by atoms with Crippen molar-refractivity contribution in [1.82, 2.24) is 0 Å². The number of para-hydroxylation sites is 1. The Bertz CT molecular complexity index is 832. The second-order valence-electron chi connectivity index (χ2n) is 5.21. The Labute approximate surface area is 143 Å². The molecular formula is C20H14F2O3. The van der Waals surface area contributed by atoms with Gasteiger partial charge < -0.3 is 9.47 Å². The Balaban J connectivity index is 1.70. The van der Waals surface area contributed by atoms with E-state index >= 15 is 0 Å². The van der Waals surface area contributed by atoms with Crippen LogP contribution in [0.1, 0.15) is 15.9 Å². The standard InChI is InChI=1S/C20H14F2O3/c21-20(22,25-18-9-5-2-6-10-18)16-11-13-17(14-12-16)24-19(23)15-7-3-1-4-8-15/h1-14H. The molecule has 0 aromatic heterocycles. The lowest BCUT2D eigenvalue weighted by Gasteiger charge is -2.18. The number of ether oxygens (including phenoxy) is 2. The van der Waals surface area contributed by atoms with Crippen molar-refractivity contribution in [3.05, 3.63) is 96.1 Å². The Morgan fingerprint density at radius 1 is 0.720 bits per heavy atom. The van der Waals surface area contributed by atoms with Gasteiger partial charge in [-0.2, -0.15) is 8.78 Å². The number of carbonyl (C=O) groups is 1. The third kappa shape index (κ3) is 4.20. The zero-order valence-electron chi connectivity index (χ0n) is 13.1. The zero-order valence-corrected chi connectivity index (χ0v) is 13.1. The Morgan fingerprint density at radius 2 is 1.28 bits per heavy atom. The van der Waals surface area contributed by atoms with Gasteiger partial charge in [-0.3, -0.25) is 0 Å². The fourth-order valence-corrected chi connectivity index (χ4v) is 2.15. The average Bonchev–Trinajstić information content (AvgIpc) is 2.63. The molecule has 0 radical (unpaired) electrons. The highest BCUT2D eigenvalue weighted by atomic mass is 19.3. The van der Waals surface area contributed by atoms with E-state index in [4.69, 9.17) is 9.47 Å². The van der Waals surface area contributed by atoms with Crippen LogP contribution in [-0.4, -0.2) is 5.97 Å². The fourth-order valence-electron chi connectivity index (χ4n) is 2.15. The fraction of sp³-hybridized carbons (Fsp3) is 0.0500. The summed E-state index contributed by atoms with van der Waals surface area (Å²) < 4.78 is 38.2. The van der Waals surface area contributed by atoms with E-state index in [2.05, 4.69) is 0 Å². The molecule has 0 saturated carbocycles. The maximum atomic E-state index is 14.2. The van der Waals surface area contributed by atoms with Gasteiger partial charge in [-0.15, -0.1) is 0 Å². The normalized spacial score (nSPS) is 11.0. The van der Waals surface area contributed by atoms with Crippen LogP contribution >= 0.6 is 0 Å². The van der Waals surface area contributed by atoms with Crippen LogP contribution in [0, 0.1) is 0 Å². The minimum absolute atomic E-state index is 0.0621. The largest absolute Gasteiger partial charge is 0.429 e. The molecule has 3 nitrogen and oxygen atoms in total. The first kappa shape index (κ1) is 16.6. The maximum Gasteiger partial charge on any atom is 0.426 e. The Kier molecular flexibility index (Phi) is 4.75. The molecule has 3 rings (SSSR count). The van der Waals surface area contributed by atoms with Gasteiger partial charge in [0.1, 0.15) is 11.5 Å². The third-order valence-electron chi connectivity index (χ3n) is 3.40. The van der Waals surface area contributed by atoms with Crippen molar-refractivity contribution in [2.24, 2.45) is 0 Å². The molecule has 0 unspecified atom stereocenters. The van der Waals surface area contributed by atoms with E-state index in [1.807, 2.05) is 0 Å². The first-order valence-corrected chi connectivity index (χ1v) is 7.54. The van der Waals surface area contributed by atoms with E-state index < -0.39 is 12.1 Å². The summed E-state index contributed by atoms with van der Waals surface area (Å²) >= 11 is 0. The minimum Gasteiger partial charge on any atom is -0.429 e. The molecule has 0 N–H and O–H groups in total. The SMILES string of the molecule is O=C(Oc1ccc(C(F)(F)Oc2ccccc2)cc1)c1ccccc1. The highest BCUT2D eigenvalue weighted by Gasteiger charge is 2.34. The van der Waals surface area contributed by atoms with Gasteiger partial charge in [-0.1, -0.05) is 36.4 Å². The van der Waals surface area contributed by atoms with Crippen molar-refractivity contribution >= 4 is 5.97 Å². The predicted molar refractivity (Wildman–Crippen MR) is 88.8 cm³/mol. The molecule has 0 fully saturated rings. The second kappa shape index (κ2) is 7.13. The summed E-state index contributed by atoms with van der Waals surface area (Å²) in [4.78, 5) is 11.9. The molecule has 0 aliphatic rings. The van der Waals surface area contributed by atoms with Crippen molar-refractivity contribution < 1.29 is 23.0 Å². The number of carbonyl (C=O) groups excluding carboxylic acids is 1. The van der Waals surface area contributed by atoms with Crippen molar-refractivity contribution in [3.8, 4) is 11.5 Å². The summed E-state index contributed by atoms with van der Waals surface area (Å²) in [5.74, 6) is -0.319. The van der Waals surface area contributed by atoms with Gasteiger partial charge in [0.15, 0.2) is 0 Å². The quantitative estimate of drug-likeness (QED) is 0.482. The Morgan fingerprint density at radius 3 is 1.88 bits per heavy atom. The monoisotopic (exact) mass is 340 g/mol. The zero-order chi connectivity index (χ0) is 17.7. The lowest BCUT2D eigenvalue weighted by Crippen LogP contribution is -2.21. The van der Waals surface area contributed by atoms with E-state index in [1.165, 1.54) is 24.3 Å². The minimum atomic E-state index is -3.50. The molecule has 126 valence electrons. The lowest BCUT2D eigenvalue weighted by molar-refractivity contribution is -0.185. The first-order chi connectivity index (χ1) is 12.0. The van der Waals surface area contributed by atoms with Crippen molar-refractivity contribution in [1.29, 1.82) is 0 Å². The molecule has 0 bridgehead atoms. The van der Waals surface area contributed by atoms with Crippen LogP contribution in [0.5, 0.6) is 11.5 Å². The van der Waals surface area contributed by atoms with E-state index in [0.29, 0.717) is 5.56 Å². The third-order valence-corrected chi connectivity index (χ3v) is 3.40. The summed E-state index contributed by atoms with van der Waals surface area (Å²) in [6, 6.07) is 21.2. The summed E-state index contributed by atoms with van der Waals surface area (Å²) in [6.07, 6.45) is -3.50. The first-order valence-electron chi connectivity index (χ1n) is 7.54. The van der Waals surface area contributed by atoms with Crippen LogP contribution in [0.4, 0.5) is 8.78 Å². The van der Waals surface area contributed by atoms with Crippen LogP contribution in [0.2, 0.25) is 0 Å².